The maximum atomic E-state index is 11.7. The van der Waals surface area contributed by atoms with Crippen molar-refractivity contribution >= 4 is 35.0 Å². The lowest BCUT2D eigenvalue weighted by Crippen LogP contribution is -2.11. The summed E-state index contributed by atoms with van der Waals surface area (Å²) in [6.07, 6.45) is 0.887. The van der Waals surface area contributed by atoms with Gasteiger partial charge in [0.05, 0.1) is 11.4 Å². The number of carbonyl (C=O) groups excluding carboxylic acids is 2. The van der Waals surface area contributed by atoms with Crippen LogP contribution in [0.1, 0.15) is 51.7 Å². The molecule has 0 aliphatic rings. The van der Waals surface area contributed by atoms with E-state index in [1.54, 1.807) is 38.1 Å². The van der Waals surface area contributed by atoms with E-state index >= 15 is 0 Å². The Kier molecular flexibility index (Phi) is 9.22. The topological polar surface area (TPSA) is 101 Å². The molecule has 0 radical (unpaired) electrons. The fraction of sp³-hybridized carbons (Fsp3) is 0.304. The van der Waals surface area contributed by atoms with Crippen molar-refractivity contribution in [1.82, 2.24) is 0 Å². The molecule has 2 amide bonds. The molecule has 2 rings (SSSR count). The number of oxime groups is 2. The molecule has 0 atom stereocenters. The predicted molar refractivity (Wildman–Crippen MR) is 123 cm³/mol. The third kappa shape index (κ3) is 8.69. The summed E-state index contributed by atoms with van der Waals surface area (Å²) in [6, 6.07) is 14.9. The lowest BCUT2D eigenvalue weighted by molar-refractivity contribution is 0.165. The van der Waals surface area contributed by atoms with Gasteiger partial charge in [-0.3, -0.25) is 20.3 Å². The second kappa shape index (κ2) is 12.1. The Bertz CT molecular complexity index is 858. The maximum Gasteiger partial charge on any atom is 0.437 e. The highest BCUT2D eigenvalue weighted by Crippen LogP contribution is 2.16. The molecule has 0 unspecified atom stereocenters. The van der Waals surface area contributed by atoms with Crippen LogP contribution in [0.2, 0.25) is 0 Å². The molecule has 0 bridgehead atoms. The van der Waals surface area contributed by atoms with E-state index < -0.39 is 12.2 Å². The zero-order valence-electron chi connectivity index (χ0n) is 18.3. The predicted octanol–water partition coefficient (Wildman–Crippen LogP) is 5.95. The molecule has 0 aliphatic heterocycles. The number of carbonyl (C=O) groups is 2. The number of rotatable bonds is 8. The van der Waals surface area contributed by atoms with Gasteiger partial charge < -0.3 is 0 Å². The van der Waals surface area contributed by atoms with Crippen molar-refractivity contribution in [2.45, 2.75) is 47.0 Å². The van der Waals surface area contributed by atoms with Gasteiger partial charge >= 0.3 is 12.2 Å². The van der Waals surface area contributed by atoms with E-state index in [-0.39, 0.29) is 0 Å². The van der Waals surface area contributed by atoms with E-state index in [0.29, 0.717) is 17.8 Å². The van der Waals surface area contributed by atoms with Crippen molar-refractivity contribution in [3.63, 3.8) is 0 Å². The van der Waals surface area contributed by atoms with Crippen LogP contribution < -0.4 is 10.6 Å². The molecule has 8 heteroatoms. The monoisotopic (exact) mass is 424 g/mol. The van der Waals surface area contributed by atoms with Crippen LogP contribution in [0.4, 0.5) is 21.0 Å². The number of amides is 2. The van der Waals surface area contributed by atoms with Crippen molar-refractivity contribution in [3.8, 4) is 0 Å². The van der Waals surface area contributed by atoms with Crippen LogP contribution in [0.15, 0.2) is 58.8 Å². The average molecular weight is 425 g/mol. The molecule has 0 saturated carbocycles. The number of hydrogen-bond acceptors (Lipinski definition) is 6. The second-order valence-corrected chi connectivity index (χ2v) is 6.94. The lowest BCUT2D eigenvalue weighted by atomic mass is 10.0. The van der Waals surface area contributed by atoms with E-state index in [1.807, 2.05) is 38.1 Å². The normalized spacial score (nSPS) is 11.6. The minimum atomic E-state index is -0.627. The van der Waals surface area contributed by atoms with Crippen molar-refractivity contribution < 1.29 is 19.3 Å². The van der Waals surface area contributed by atoms with Gasteiger partial charge in [0.2, 0.25) is 0 Å². The second-order valence-electron chi connectivity index (χ2n) is 6.94. The van der Waals surface area contributed by atoms with Crippen LogP contribution >= 0.6 is 0 Å². The molecule has 31 heavy (non-hydrogen) atoms. The zero-order valence-corrected chi connectivity index (χ0v) is 18.3. The Morgan fingerprint density at radius 1 is 0.710 bits per heavy atom. The van der Waals surface area contributed by atoms with E-state index in [2.05, 4.69) is 20.9 Å². The van der Waals surface area contributed by atoms with Crippen molar-refractivity contribution in [2.75, 3.05) is 10.6 Å². The summed E-state index contributed by atoms with van der Waals surface area (Å²) in [4.78, 5) is 33.0. The standard InChI is InChI=1S/C23H28N4O4/c1-5-16(3)26-30-22(28)24-20-11-7-18(8-12-20)15-19-9-13-21(14-10-19)25-23(29)31-27-17(4)6-2/h7-14H,5-6,15H2,1-4H3,(H,24,28)(H,25,29)/b26-16+,27-17+. The molecular formula is C23H28N4O4. The van der Waals surface area contributed by atoms with Gasteiger partial charge in [0, 0.05) is 11.4 Å². The molecule has 0 saturated heterocycles. The summed E-state index contributed by atoms with van der Waals surface area (Å²) in [7, 11) is 0. The quantitative estimate of drug-likeness (QED) is 0.311. The minimum Gasteiger partial charge on any atom is -0.298 e. The molecule has 0 aliphatic carbocycles. The van der Waals surface area contributed by atoms with Gasteiger partial charge in [-0.1, -0.05) is 48.4 Å². The van der Waals surface area contributed by atoms with Crippen LogP contribution in [-0.4, -0.2) is 23.6 Å². The van der Waals surface area contributed by atoms with Crippen LogP contribution in [0.5, 0.6) is 0 Å². The first-order valence-corrected chi connectivity index (χ1v) is 10.1. The molecule has 8 nitrogen and oxygen atoms in total. The van der Waals surface area contributed by atoms with Gasteiger partial charge in [-0.25, -0.2) is 9.59 Å². The number of nitrogens with zero attached hydrogens (tertiary/aromatic N) is 2. The number of anilines is 2. The highest BCUT2D eigenvalue weighted by molar-refractivity contribution is 5.87. The molecule has 0 heterocycles. The van der Waals surface area contributed by atoms with Crippen molar-refractivity contribution in [3.05, 3.63) is 59.7 Å². The Hall–Kier alpha value is -3.68. The molecule has 164 valence electrons. The SMILES string of the molecule is CC/C(C)=N/OC(=O)Nc1ccc(Cc2ccc(NC(=O)O/N=C(\C)CC)cc2)cc1. The summed E-state index contributed by atoms with van der Waals surface area (Å²) in [5.41, 5.74) is 4.87. The van der Waals surface area contributed by atoms with Gasteiger partial charge in [0.1, 0.15) is 0 Å². The van der Waals surface area contributed by atoms with Gasteiger partial charge in [-0.2, -0.15) is 0 Å². The smallest absolute Gasteiger partial charge is 0.298 e. The zero-order chi connectivity index (χ0) is 22.6. The van der Waals surface area contributed by atoms with E-state index in [9.17, 15) is 9.59 Å². The minimum absolute atomic E-state index is 0.622. The van der Waals surface area contributed by atoms with Gasteiger partial charge in [-0.15, -0.1) is 0 Å². The highest BCUT2D eigenvalue weighted by atomic mass is 16.7. The van der Waals surface area contributed by atoms with Crippen LogP contribution in [0.3, 0.4) is 0 Å². The van der Waals surface area contributed by atoms with Crippen LogP contribution in [0, 0.1) is 0 Å². The summed E-state index contributed by atoms with van der Waals surface area (Å²) >= 11 is 0. The van der Waals surface area contributed by atoms with E-state index in [1.165, 1.54) is 0 Å². The fourth-order valence-electron chi connectivity index (χ4n) is 2.30. The molecule has 0 spiro atoms. The Morgan fingerprint density at radius 2 is 1.06 bits per heavy atom. The number of benzene rings is 2. The average Bonchev–Trinajstić information content (AvgIpc) is 2.78. The third-order valence-corrected chi connectivity index (χ3v) is 4.40. The van der Waals surface area contributed by atoms with E-state index in [4.69, 9.17) is 9.68 Å². The summed E-state index contributed by atoms with van der Waals surface area (Å²) in [6.45, 7) is 7.45. The number of nitrogens with one attached hydrogen (secondary N) is 2. The largest absolute Gasteiger partial charge is 0.437 e. The number of hydrogen-bond donors (Lipinski definition) is 2. The summed E-state index contributed by atoms with van der Waals surface area (Å²) < 4.78 is 0. The Morgan fingerprint density at radius 3 is 1.39 bits per heavy atom. The molecule has 0 aromatic heterocycles. The Balaban J connectivity index is 1.86. The first-order valence-electron chi connectivity index (χ1n) is 10.1. The molecule has 2 N–H and O–H groups in total. The van der Waals surface area contributed by atoms with E-state index in [0.717, 1.165) is 35.4 Å². The summed E-state index contributed by atoms with van der Waals surface area (Å²) in [5.74, 6) is 0. The molecule has 0 fully saturated rings. The highest BCUT2D eigenvalue weighted by Gasteiger charge is 2.05. The van der Waals surface area contributed by atoms with Gasteiger partial charge in [0.15, 0.2) is 0 Å². The van der Waals surface area contributed by atoms with Crippen LogP contribution in [-0.2, 0) is 16.1 Å². The van der Waals surface area contributed by atoms with Crippen molar-refractivity contribution in [1.29, 1.82) is 0 Å². The first-order chi connectivity index (χ1) is 14.9. The molecule has 2 aromatic carbocycles. The molecular weight excluding hydrogens is 396 g/mol. The summed E-state index contributed by atoms with van der Waals surface area (Å²) in [5, 5.41) is 12.7. The van der Waals surface area contributed by atoms with Crippen molar-refractivity contribution in [2.24, 2.45) is 10.3 Å². The third-order valence-electron chi connectivity index (χ3n) is 4.40. The van der Waals surface area contributed by atoms with Crippen LogP contribution in [0.25, 0.3) is 0 Å². The Labute approximate surface area is 182 Å². The van der Waals surface area contributed by atoms with Gasteiger partial charge in [0.25, 0.3) is 0 Å². The maximum absolute atomic E-state index is 11.7. The van der Waals surface area contributed by atoms with Gasteiger partial charge in [-0.05, 0) is 68.5 Å². The lowest BCUT2D eigenvalue weighted by Gasteiger charge is -2.07. The fourth-order valence-corrected chi connectivity index (χ4v) is 2.30. The molecule has 2 aromatic rings. The first kappa shape index (κ1) is 23.6.